The van der Waals surface area contributed by atoms with E-state index in [1.165, 1.54) is 5.56 Å². The average molecular weight is 214 g/mol. The zero-order valence-electron chi connectivity index (χ0n) is 7.92. The van der Waals surface area contributed by atoms with Crippen LogP contribution in [0, 0.1) is 0 Å². The van der Waals surface area contributed by atoms with Crippen LogP contribution < -0.4 is 14.3 Å². The number of halogens is 1. The van der Waals surface area contributed by atoms with Gasteiger partial charge in [-0.05, 0) is 42.8 Å². The predicted molar refractivity (Wildman–Crippen MR) is 54.7 cm³/mol. The van der Waals surface area contributed by atoms with Crippen molar-refractivity contribution in [2.75, 3.05) is 6.79 Å². The minimum atomic E-state index is 0.247. The Kier molecular flexibility index (Phi) is 2.79. The van der Waals surface area contributed by atoms with Gasteiger partial charge < -0.3 is 9.47 Å². The molecule has 1 aliphatic rings. The lowest BCUT2D eigenvalue weighted by Gasteiger charge is -2.08. The van der Waals surface area contributed by atoms with Gasteiger partial charge in [-0.2, -0.15) is 0 Å². The first-order chi connectivity index (χ1) is 6.79. The van der Waals surface area contributed by atoms with Crippen LogP contribution in [0.2, 0.25) is 0 Å². The molecule has 1 unspecified atom stereocenters. The summed E-state index contributed by atoms with van der Waals surface area (Å²) in [6, 6.07) is 6.20. The summed E-state index contributed by atoms with van der Waals surface area (Å²) >= 11 is 5.51. The van der Waals surface area contributed by atoms with Crippen LogP contribution >= 0.6 is 11.8 Å². The van der Waals surface area contributed by atoms with Gasteiger partial charge in [0.1, 0.15) is 0 Å². The molecule has 0 amide bonds. The van der Waals surface area contributed by atoms with Gasteiger partial charge >= 0.3 is 0 Å². The van der Waals surface area contributed by atoms with Crippen molar-refractivity contribution < 1.29 is 9.47 Å². The fourth-order valence-electron chi connectivity index (χ4n) is 1.46. The van der Waals surface area contributed by atoms with E-state index in [1.54, 1.807) is 0 Å². The Morgan fingerprint density at radius 1 is 1.43 bits per heavy atom. The average Bonchev–Trinajstić information content (AvgIpc) is 2.64. The Bertz CT molecular complexity index is 330. The van der Waals surface area contributed by atoms with Crippen LogP contribution in [0.25, 0.3) is 0 Å². The van der Waals surface area contributed by atoms with Crippen LogP contribution in [-0.4, -0.2) is 12.8 Å². The fourth-order valence-corrected chi connectivity index (χ4v) is 1.54. The van der Waals surface area contributed by atoms with Crippen LogP contribution in [0.3, 0.4) is 0 Å². The van der Waals surface area contributed by atoms with Crippen LogP contribution in [0.4, 0.5) is 0 Å². The lowest BCUT2D eigenvalue weighted by atomic mass is 10.1. The van der Waals surface area contributed by atoms with E-state index in [2.05, 4.69) is 4.84 Å². The van der Waals surface area contributed by atoms with Crippen LogP contribution in [0.15, 0.2) is 18.2 Å². The summed E-state index contributed by atoms with van der Waals surface area (Å²) in [5.74, 6) is 1.64. The molecule has 1 aromatic carbocycles. The molecule has 0 saturated carbocycles. The van der Waals surface area contributed by atoms with E-state index in [0.717, 1.165) is 17.9 Å². The third-order valence-electron chi connectivity index (χ3n) is 2.17. The van der Waals surface area contributed by atoms with Crippen molar-refractivity contribution in [1.82, 2.24) is 4.84 Å². The predicted octanol–water partition coefficient (Wildman–Crippen LogP) is 2.09. The van der Waals surface area contributed by atoms with E-state index >= 15 is 0 Å². The highest BCUT2D eigenvalue weighted by Crippen LogP contribution is 2.32. The molecule has 3 nitrogen and oxygen atoms in total. The van der Waals surface area contributed by atoms with E-state index in [0.29, 0.717) is 6.79 Å². The van der Waals surface area contributed by atoms with E-state index in [-0.39, 0.29) is 6.04 Å². The molecule has 0 bridgehead atoms. The Balaban J connectivity index is 2.12. The molecule has 0 saturated heterocycles. The second-order valence-electron chi connectivity index (χ2n) is 3.40. The quantitative estimate of drug-likeness (QED) is 0.780. The maximum absolute atomic E-state index is 5.51. The van der Waals surface area contributed by atoms with Gasteiger partial charge in [-0.1, -0.05) is 6.07 Å². The van der Waals surface area contributed by atoms with E-state index in [9.17, 15) is 0 Å². The monoisotopic (exact) mass is 213 g/mol. The largest absolute Gasteiger partial charge is 0.454 e. The second kappa shape index (κ2) is 4.07. The summed E-state index contributed by atoms with van der Waals surface area (Å²) in [5, 5.41) is 0. The molecule has 1 N–H and O–H groups in total. The molecule has 1 aromatic rings. The van der Waals surface area contributed by atoms with E-state index in [4.69, 9.17) is 21.3 Å². The van der Waals surface area contributed by atoms with Crippen molar-refractivity contribution in [3.63, 3.8) is 0 Å². The highest BCUT2D eigenvalue weighted by molar-refractivity contribution is 6.13. The molecule has 0 spiro atoms. The van der Waals surface area contributed by atoms with Gasteiger partial charge in [-0.25, -0.2) is 4.84 Å². The van der Waals surface area contributed by atoms with Crippen molar-refractivity contribution in [2.24, 2.45) is 0 Å². The molecule has 1 heterocycles. The third kappa shape index (κ3) is 1.94. The van der Waals surface area contributed by atoms with Gasteiger partial charge in [0.15, 0.2) is 11.5 Å². The van der Waals surface area contributed by atoms with Gasteiger partial charge in [0.2, 0.25) is 6.79 Å². The molecule has 14 heavy (non-hydrogen) atoms. The molecule has 0 radical (unpaired) electrons. The Morgan fingerprint density at radius 2 is 2.21 bits per heavy atom. The number of benzene rings is 1. The molecule has 0 aromatic heterocycles. The lowest BCUT2D eigenvalue weighted by Crippen LogP contribution is -2.18. The third-order valence-corrected chi connectivity index (χ3v) is 2.54. The maximum atomic E-state index is 5.51. The first kappa shape index (κ1) is 9.62. The molecule has 1 atom stereocenters. The second-order valence-corrected chi connectivity index (χ2v) is 3.62. The van der Waals surface area contributed by atoms with Gasteiger partial charge in [-0.15, -0.1) is 0 Å². The smallest absolute Gasteiger partial charge is 0.231 e. The molecule has 76 valence electrons. The summed E-state index contributed by atoms with van der Waals surface area (Å²) in [4.78, 5) is 2.68. The van der Waals surface area contributed by atoms with Gasteiger partial charge in [-0.3, -0.25) is 0 Å². The van der Waals surface area contributed by atoms with Crippen molar-refractivity contribution in [1.29, 1.82) is 0 Å². The van der Waals surface area contributed by atoms with Crippen LogP contribution in [0.1, 0.15) is 12.5 Å². The molecule has 2 rings (SSSR count). The SMILES string of the molecule is CC(Cc1ccc2c(c1)OCO2)NCl. The van der Waals surface area contributed by atoms with Crippen molar-refractivity contribution in [3.8, 4) is 11.5 Å². The number of hydrogen-bond donors (Lipinski definition) is 1. The number of nitrogens with one attached hydrogen (secondary N) is 1. The van der Waals surface area contributed by atoms with E-state index in [1.807, 2.05) is 25.1 Å². The zero-order valence-corrected chi connectivity index (χ0v) is 8.67. The molecule has 1 aliphatic heterocycles. The van der Waals surface area contributed by atoms with Crippen molar-refractivity contribution in [3.05, 3.63) is 23.8 Å². The van der Waals surface area contributed by atoms with Crippen LogP contribution in [0.5, 0.6) is 11.5 Å². The number of fused-ring (bicyclic) bond motifs is 1. The highest BCUT2D eigenvalue weighted by atomic mass is 35.5. The molecular weight excluding hydrogens is 202 g/mol. The lowest BCUT2D eigenvalue weighted by molar-refractivity contribution is 0.174. The highest BCUT2D eigenvalue weighted by Gasteiger charge is 2.13. The number of rotatable bonds is 3. The molecule has 0 fully saturated rings. The number of hydrogen-bond acceptors (Lipinski definition) is 3. The normalized spacial score (nSPS) is 15.6. The fraction of sp³-hybridized carbons (Fsp3) is 0.400. The Morgan fingerprint density at radius 3 is 3.00 bits per heavy atom. The topological polar surface area (TPSA) is 30.5 Å². The minimum absolute atomic E-state index is 0.247. The standard InChI is InChI=1S/C10H12ClNO2/c1-7(12-11)4-8-2-3-9-10(5-8)14-6-13-9/h2-3,5,7,12H,4,6H2,1H3. The summed E-state index contributed by atoms with van der Waals surface area (Å²) < 4.78 is 10.5. The van der Waals surface area contributed by atoms with Gasteiger partial charge in [0.05, 0.1) is 0 Å². The number of ether oxygens (including phenoxy) is 2. The molecule has 0 aliphatic carbocycles. The first-order valence-electron chi connectivity index (χ1n) is 4.54. The summed E-state index contributed by atoms with van der Waals surface area (Å²) in [5.41, 5.74) is 1.19. The van der Waals surface area contributed by atoms with Gasteiger partial charge in [0.25, 0.3) is 0 Å². The Hall–Kier alpha value is -0.930. The van der Waals surface area contributed by atoms with Crippen molar-refractivity contribution >= 4 is 11.8 Å². The first-order valence-corrected chi connectivity index (χ1v) is 4.92. The zero-order chi connectivity index (χ0) is 9.97. The molecule has 4 heteroatoms. The Labute approximate surface area is 88.1 Å². The molecular formula is C10H12ClNO2. The maximum Gasteiger partial charge on any atom is 0.231 e. The van der Waals surface area contributed by atoms with Crippen molar-refractivity contribution in [2.45, 2.75) is 19.4 Å². The van der Waals surface area contributed by atoms with Gasteiger partial charge in [0, 0.05) is 6.04 Å². The van der Waals surface area contributed by atoms with Crippen LogP contribution in [-0.2, 0) is 6.42 Å². The summed E-state index contributed by atoms with van der Waals surface area (Å²) in [7, 11) is 0. The summed E-state index contributed by atoms with van der Waals surface area (Å²) in [6.07, 6.45) is 0.875. The van der Waals surface area contributed by atoms with E-state index < -0.39 is 0 Å². The summed E-state index contributed by atoms with van der Waals surface area (Å²) in [6.45, 7) is 2.35. The minimum Gasteiger partial charge on any atom is -0.454 e.